The first kappa shape index (κ1) is 14.9. The third-order valence-electron chi connectivity index (χ3n) is 4.19. The summed E-state index contributed by atoms with van der Waals surface area (Å²) in [6, 6.07) is 0. The molecule has 1 aliphatic carbocycles. The van der Waals surface area contributed by atoms with E-state index in [1.54, 1.807) is 0 Å². The Balaban J connectivity index is 2.22. The largest absolute Gasteiger partial charge is 0.394 e. The van der Waals surface area contributed by atoms with E-state index in [-0.39, 0.29) is 12.1 Å². The molecule has 0 aromatic heterocycles. The van der Waals surface area contributed by atoms with Crippen molar-refractivity contribution < 1.29 is 9.84 Å². The summed E-state index contributed by atoms with van der Waals surface area (Å²) in [5, 5.41) is 12.9. The minimum atomic E-state index is -0.0403. The van der Waals surface area contributed by atoms with Crippen LogP contribution in [0, 0.1) is 11.8 Å². The molecule has 1 aliphatic rings. The highest BCUT2D eigenvalue weighted by molar-refractivity contribution is 4.97. The highest BCUT2D eigenvalue weighted by Gasteiger charge is 2.40. The van der Waals surface area contributed by atoms with Gasteiger partial charge in [-0.2, -0.15) is 0 Å². The fourth-order valence-corrected chi connectivity index (χ4v) is 2.83. The van der Waals surface area contributed by atoms with Crippen LogP contribution in [0.15, 0.2) is 0 Å². The molecule has 102 valence electrons. The Morgan fingerprint density at radius 3 is 2.76 bits per heavy atom. The average Bonchev–Trinajstić information content (AvgIpc) is 2.72. The van der Waals surface area contributed by atoms with Crippen LogP contribution in [0.4, 0.5) is 0 Å². The molecule has 0 bridgehead atoms. The van der Waals surface area contributed by atoms with Crippen LogP contribution < -0.4 is 5.32 Å². The fraction of sp³-hybridized carbons (Fsp3) is 1.00. The van der Waals surface area contributed by atoms with Crippen LogP contribution in [0.5, 0.6) is 0 Å². The molecule has 0 aromatic rings. The highest BCUT2D eigenvalue weighted by Crippen LogP contribution is 2.37. The van der Waals surface area contributed by atoms with Crippen molar-refractivity contribution in [2.24, 2.45) is 11.8 Å². The van der Waals surface area contributed by atoms with Gasteiger partial charge >= 0.3 is 0 Å². The zero-order valence-corrected chi connectivity index (χ0v) is 11.7. The number of ether oxygens (including phenoxy) is 1. The number of aliphatic hydroxyl groups is 1. The van der Waals surface area contributed by atoms with Gasteiger partial charge in [0.05, 0.1) is 6.61 Å². The molecule has 0 radical (unpaired) electrons. The van der Waals surface area contributed by atoms with E-state index in [1.165, 1.54) is 12.8 Å². The van der Waals surface area contributed by atoms with Crippen LogP contribution in [0.1, 0.15) is 46.0 Å². The third-order valence-corrected chi connectivity index (χ3v) is 4.19. The minimum absolute atomic E-state index is 0.0403. The number of hydrogen-bond acceptors (Lipinski definition) is 3. The van der Waals surface area contributed by atoms with Gasteiger partial charge in [-0.05, 0) is 44.6 Å². The van der Waals surface area contributed by atoms with Gasteiger partial charge in [0.1, 0.15) is 0 Å². The van der Waals surface area contributed by atoms with Crippen LogP contribution in [-0.4, -0.2) is 37.5 Å². The summed E-state index contributed by atoms with van der Waals surface area (Å²) in [4.78, 5) is 0. The standard InChI is InChI=1S/C14H29NO2/c1-12(2)6-9-17-10-7-13-5-4-8-14(13,11-16)15-3/h12-13,15-16H,4-11H2,1-3H3. The minimum Gasteiger partial charge on any atom is -0.394 e. The van der Waals surface area contributed by atoms with E-state index in [1.807, 2.05) is 7.05 Å². The molecule has 1 fully saturated rings. The molecule has 0 aliphatic heterocycles. The number of rotatable bonds is 8. The number of aliphatic hydroxyl groups excluding tert-OH is 1. The second-order valence-corrected chi connectivity index (χ2v) is 5.74. The van der Waals surface area contributed by atoms with Crippen molar-refractivity contribution in [2.75, 3.05) is 26.9 Å². The molecule has 0 amide bonds. The summed E-state index contributed by atoms with van der Waals surface area (Å²) in [5.74, 6) is 1.28. The lowest BCUT2D eigenvalue weighted by Crippen LogP contribution is -2.49. The van der Waals surface area contributed by atoms with Crippen molar-refractivity contribution in [2.45, 2.75) is 51.5 Å². The van der Waals surface area contributed by atoms with Gasteiger partial charge in [-0.25, -0.2) is 0 Å². The molecule has 0 saturated heterocycles. The molecule has 2 N–H and O–H groups in total. The molecule has 1 saturated carbocycles. The smallest absolute Gasteiger partial charge is 0.0615 e. The van der Waals surface area contributed by atoms with Crippen molar-refractivity contribution in [1.82, 2.24) is 5.32 Å². The summed E-state index contributed by atoms with van der Waals surface area (Å²) in [5.41, 5.74) is -0.0403. The zero-order valence-electron chi connectivity index (χ0n) is 11.7. The monoisotopic (exact) mass is 243 g/mol. The lowest BCUT2D eigenvalue weighted by Gasteiger charge is -2.33. The Bertz CT molecular complexity index is 202. The van der Waals surface area contributed by atoms with Crippen LogP contribution in [0.2, 0.25) is 0 Å². The Kier molecular flexibility index (Phi) is 6.45. The second-order valence-electron chi connectivity index (χ2n) is 5.74. The maximum atomic E-state index is 9.56. The Morgan fingerprint density at radius 2 is 2.18 bits per heavy atom. The van der Waals surface area contributed by atoms with E-state index in [4.69, 9.17) is 4.74 Å². The van der Waals surface area contributed by atoms with Gasteiger partial charge in [-0.15, -0.1) is 0 Å². The Labute approximate surface area is 106 Å². The normalized spacial score (nSPS) is 29.1. The van der Waals surface area contributed by atoms with Crippen molar-refractivity contribution in [3.05, 3.63) is 0 Å². The SMILES string of the molecule is CNC1(CO)CCCC1CCOCCC(C)C. The van der Waals surface area contributed by atoms with E-state index in [0.717, 1.165) is 38.4 Å². The molecule has 2 unspecified atom stereocenters. The molecular formula is C14H29NO2. The second kappa shape index (κ2) is 7.34. The van der Waals surface area contributed by atoms with E-state index in [2.05, 4.69) is 19.2 Å². The lowest BCUT2D eigenvalue weighted by atomic mass is 9.86. The summed E-state index contributed by atoms with van der Waals surface area (Å²) < 4.78 is 5.68. The highest BCUT2D eigenvalue weighted by atomic mass is 16.5. The Morgan fingerprint density at radius 1 is 1.41 bits per heavy atom. The first-order valence-electron chi connectivity index (χ1n) is 7.02. The van der Waals surface area contributed by atoms with Crippen molar-refractivity contribution in [3.63, 3.8) is 0 Å². The maximum absolute atomic E-state index is 9.56. The lowest BCUT2D eigenvalue weighted by molar-refractivity contribution is 0.0782. The molecule has 3 heteroatoms. The van der Waals surface area contributed by atoms with Crippen LogP contribution >= 0.6 is 0 Å². The molecule has 0 heterocycles. The number of likely N-dealkylation sites (N-methyl/N-ethyl adjacent to an activating group) is 1. The van der Waals surface area contributed by atoms with Gasteiger partial charge in [0.2, 0.25) is 0 Å². The van der Waals surface area contributed by atoms with Crippen LogP contribution in [0.25, 0.3) is 0 Å². The van der Waals surface area contributed by atoms with E-state index in [9.17, 15) is 5.11 Å². The maximum Gasteiger partial charge on any atom is 0.0615 e. The predicted octanol–water partition coefficient (Wildman–Crippen LogP) is 2.19. The van der Waals surface area contributed by atoms with Crippen LogP contribution in [-0.2, 0) is 4.74 Å². The van der Waals surface area contributed by atoms with Crippen molar-refractivity contribution in [1.29, 1.82) is 0 Å². The molecule has 0 aromatic carbocycles. The number of hydrogen-bond donors (Lipinski definition) is 2. The van der Waals surface area contributed by atoms with E-state index in [0.29, 0.717) is 5.92 Å². The van der Waals surface area contributed by atoms with Gasteiger partial charge < -0.3 is 15.2 Å². The summed E-state index contributed by atoms with van der Waals surface area (Å²) in [6.45, 7) is 6.40. The molecule has 3 nitrogen and oxygen atoms in total. The molecule has 0 spiro atoms. The van der Waals surface area contributed by atoms with Gasteiger partial charge in [0.15, 0.2) is 0 Å². The zero-order chi connectivity index (χ0) is 12.7. The van der Waals surface area contributed by atoms with Crippen LogP contribution in [0.3, 0.4) is 0 Å². The summed E-state index contributed by atoms with van der Waals surface area (Å²) in [7, 11) is 1.97. The third kappa shape index (κ3) is 4.23. The summed E-state index contributed by atoms with van der Waals surface area (Å²) in [6.07, 6.45) is 5.74. The first-order valence-corrected chi connectivity index (χ1v) is 7.02. The van der Waals surface area contributed by atoms with E-state index >= 15 is 0 Å². The van der Waals surface area contributed by atoms with Gasteiger partial charge in [0, 0.05) is 18.8 Å². The molecule has 17 heavy (non-hydrogen) atoms. The molecule has 2 atom stereocenters. The quantitative estimate of drug-likeness (QED) is 0.642. The van der Waals surface area contributed by atoms with Gasteiger partial charge in [0.25, 0.3) is 0 Å². The fourth-order valence-electron chi connectivity index (χ4n) is 2.83. The molecular weight excluding hydrogens is 214 g/mol. The van der Waals surface area contributed by atoms with E-state index < -0.39 is 0 Å². The number of nitrogens with one attached hydrogen (secondary N) is 1. The first-order chi connectivity index (χ1) is 8.14. The Hall–Kier alpha value is -0.120. The predicted molar refractivity (Wildman–Crippen MR) is 71.1 cm³/mol. The topological polar surface area (TPSA) is 41.5 Å². The van der Waals surface area contributed by atoms with Crippen molar-refractivity contribution in [3.8, 4) is 0 Å². The molecule has 1 rings (SSSR count). The van der Waals surface area contributed by atoms with Crippen molar-refractivity contribution >= 4 is 0 Å². The average molecular weight is 243 g/mol. The summed E-state index contributed by atoms with van der Waals surface area (Å²) >= 11 is 0. The van der Waals surface area contributed by atoms with Gasteiger partial charge in [-0.3, -0.25) is 0 Å². The van der Waals surface area contributed by atoms with Gasteiger partial charge in [-0.1, -0.05) is 20.3 Å².